The summed E-state index contributed by atoms with van der Waals surface area (Å²) in [5.41, 5.74) is 0.803. The van der Waals surface area contributed by atoms with E-state index in [1.54, 1.807) is 24.5 Å². The minimum absolute atomic E-state index is 0.124. The van der Waals surface area contributed by atoms with Crippen molar-refractivity contribution in [2.24, 2.45) is 0 Å². The smallest absolute Gasteiger partial charge is 0.266 e. The quantitative estimate of drug-likeness (QED) is 0.617. The predicted molar refractivity (Wildman–Crippen MR) is 88.9 cm³/mol. The van der Waals surface area contributed by atoms with E-state index in [4.69, 9.17) is 28.2 Å². The molecular formula is C15H10ClNO2S2. The predicted octanol–water partition coefficient (Wildman–Crippen LogP) is 4.33. The van der Waals surface area contributed by atoms with Gasteiger partial charge in [-0.3, -0.25) is 9.69 Å². The molecule has 0 N–H and O–H groups in total. The first kappa shape index (κ1) is 14.4. The Balaban J connectivity index is 1.85. The molecule has 1 aliphatic rings. The number of amides is 1. The van der Waals surface area contributed by atoms with Gasteiger partial charge in [0.25, 0.3) is 5.91 Å². The summed E-state index contributed by atoms with van der Waals surface area (Å²) >= 11 is 12.7. The zero-order valence-electron chi connectivity index (χ0n) is 10.8. The molecule has 6 heteroatoms. The molecule has 0 bridgehead atoms. The average molecular weight is 336 g/mol. The van der Waals surface area contributed by atoms with Crippen molar-refractivity contribution in [3.63, 3.8) is 0 Å². The summed E-state index contributed by atoms with van der Waals surface area (Å²) in [5.74, 6) is 0.576. The van der Waals surface area contributed by atoms with Crippen LogP contribution in [-0.4, -0.2) is 15.1 Å². The summed E-state index contributed by atoms with van der Waals surface area (Å²) in [6, 6.07) is 11.0. The fourth-order valence-corrected chi connectivity index (χ4v) is 3.36. The molecule has 2 heterocycles. The molecule has 0 radical (unpaired) electrons. The highest BCUT2D eigenvalue weighted by molar-refractivity contribution is 8.26. The van der Waals surface area contributed by atoms with Crippen LogP contribution in [0.4, 0.5) is 0 Å². The van der Waals surface area contributed by atoms with Crippen LogP contribution in [-0.2, 0) is 11.3 Å². The van der Waals surface area contributed by atoms with Gasteiger partial charge in [-0.15, -0.1) is 0 Å². The SMILES string of the molecule is O=C1/C(=C\c2ccccc2Cl)SC(=S)N1Cc1ccco1. The van der Waals surface area contributed by atoms with Crippen LogP contribution in [0.15, 0.2) is 52.0 Å². The van der Waals surface area contributed by atoms with Crippen molar-refractivity contribution < 1.29 is 9.21 Å². The number of benzene rings is 1. The van der Waals surface area contributed by atoms with Crippen molar-refractivity contribution in [1.82, 2.24) is 4.90 Å². The first-order valence-corrected chi connectivity index (χ1v) is 7.78. The van der Waals surface area contributed by atoms with Crippen LogP contribution in [0.2, 0.25) is 5.02 Å². The molecule has 0 spiro atoms. The fraction of sp³-hybridized carbons (Fsp3) is 0.0667. The number of thioether (sulfide) groups is 1. The standard InChI is InChI=1S/C15H10ClNO2S2/c16-12-6-2-1-4-10(12)8-13-14(18)17(15(20)21-13)9-11-5-3-7-19-11/h1-8H,9H2/b13-8+. The van der Waals surface area contributed by atoms with E-state index in [9.17, 15) is 4.79 Å². The van der Waals surface area contributed by atoms with E-state index < -0.39 is 0 Å². The summed E-state index contributed by atoms with van der Waals surface area (Å²) in [4.78, 5) is 14.5. The topological polar surface area (TPSA) is 33.5 Å². The van der Waals surface area contributed by atoms with Gasteiger partial charge in [-0.1, -0.05) is 53.8 Å². The minimum atomic E-state index is -0.124. The summed E-state index contributed by atoms with van der Waals surface area (Å²) in [7, 11) is 0. The lowest BCUT2D eigenvalue weighted by atomic mass is 10.2. The third-order valence-corrected chi connectivity index (χ3v) is 4.68. The molecule has 2 aromatic rings. The van der Waals surface area contributed by atoms with Crippen LogP contribution in [0, 0.1) is 0 Å². The van der Waals surface area contributed by atoms with E-state index in [1.807, 2.05) is 24.3 Å². The van der Waals surface area contributed by atoms with Gasteiger partial charge in [0.2, 0.25) is 0 Å². The maximum absolute atomic E-state index is 12.4. The number of furan rings is 1. The maximum Gasteiger partial charge on any atom is 0.266 e. The Kier molecular flexibility index (Phi) is 4.14. The second-order valence-corrected chi connectivity index (χ2v) is 6.45. The number of hydrogen-bond donors (Lipinski definition) is 0. The molecule has 3 rings (SSSR count). The normalized spacial score (nSPS) is 17.0. The van der Waals surface area contributed by atoms with Crippen molar-refractivity contribution in [3.05, 3.63) is 63.9 Å². The monoisotopic (exact) mass is 335 g/mol. The molecule has 3 nitrogen and oxygen atoms in total. The molecule has 21 heavy (non-hydrogen) atoms. The Morgan fingerprint density at radius 2 is 2.10 bits per heavy atom. The van der Waals surface area contributed by atoms with E-state index in [1.165, 1.54) is 16.7 Å². The summed E-state index contributed by atoms with van der Waals surface area (Å²) in [6.07, 6.45) is 3.34. The maximum atomic E-state index is 12.4. The molecule has 1 amide bonds. The van der Waals surface area contributed by atoms with Crippen molar-refractivity contribution in [1.29, 1.82) is 0 Å². The van der Waals surface area contributed by atoms with Gasteiger partial charge < -0.3 is 4.42 Å². The van der Waals surface area contributed by atoms with Crippen LogP contribution >= 0.6 is 35.6 Å². The number of halogens is 1. The van der Waals surface area contributed by atoms with Gasteiger partial charge in [0.05, 0.1) is 17.7 Å². The number of carbonyl (C=O) groups is 1. The van der Waals surface area contributed by atoms with E-state index in [-0.39, 0.29) is 5.91 Å². The van der Waals surface area contributed by atoms with Gasteiger partial charge in [0.1, 0.15) is 10.1 Å². The van der Waals surface area contributed by atoms with E-state index in [2.05, 4.69) is 0 Å². The van der Waals surface area contributed by atoms with Gasteiger partial charge in [0.15, 0.2) is 0 Å². The number of hydrogen-bond acceptors (Lipinski definition) is 4. The number of rotatable bonds is 3. The molecule has 106 valence electrons. The Labute approximate surface area is 136 Å². The summed E-state index contributed by atoms with van der Waals surface area (Å²) in [6.45, 7) is 0.345. The lowest BCUT2D eigenvalue weighted by Gasteiger charge is -2.11. The zero-order chi connectivity index (χ0) is 14.8. The van der Waals surface area contributed by atoms with E-state index in [0.29, 0.717) is 26.6 Å². The lowest BCUT2D eigenvalue weighted by molar-refractivity contribution is -0.122. The third kappa shape index (κ3) is 3.05. The van der Waals surface area contributed by atoms with Crippen LogP contribution in [0.1, 0.15) is 11.3 Å². The Bertz CT molecular complexity index is 725. The third-order valence-electron chi connectivity index (χ3n) is 2.96. The molecule has 1 aliphatic heterocycles. The van der Waals surface area contributed by atoms with Crippen LogP contribution < -0.4 is 0 Å². The molecule has 0 unspecified atom stereocenters. The highest BCUT2D eigenvalue weighted by Crippen LogP contribution is 2.34. The number of nitrogens with zero attached hydrogens (tertiary/aromatic N) is 1. The van der Waals surface area contributed by atoms with Crippen molar-refractivity contribution in [2.45, 2.75) is 6.54 Å². The van der Waals surface area contributed by atoms with Gasteiger partial charge in [0, 0.05) is 5.02 Å². The van der Waals surface area contributed by atoms with Gasteiger partial charge in [-0.2, -0.15) is 0 Å². The second-order valence-electron chi connectivity index (χ2n) is 4.37. The largest absolute Gasteiger partial charge is 0.467 e. The van der Waals surface area contributed by atoms with Gasteiger partial charge in [-0.25, -0.2) is 0 Å². The Morgan fingerprint density at radius 1 is 1.29 bits per heavy atom. The molecule has 0 saturated carbocycles. The highest BCUT2D eigenvalue weighted by atomic mass is 35.5. The fourth-order valence-electron chi connectivity index (χ4n) is 1.93. The van der Waals surface area contributed by atoms with E-state index >= 15 is 0 Å². The number of thiocarbonyl (C=S) groups is 1. The first-order chi connectivity index (χ1) is 10.1. The zero-order valence-corrected chi connectivity index (χ0v) is 13.2. The molecule has 1 fully saturated rings. The molecule has 0 atom stereocenters. The van der Waals surface area contributed by atoms with E-state index in [0.717, 1.165) is 5.56 Å². The van der Waals surface area contributed by atoms with Crippen molar-refractivity contribution in [2.75, 3.05) is 0 Å². The first-order valence-electron chi connectivity index (χ1n) is 6.17. The van der Waals surface area contributed by atoms with Crippen LogP contribution in [0.25, 0.3) is 6.08 Å². The summed E-state index contributed by atoms with van der Waals surface area (Å²) < 4.78 is 5.78. The Hall–Kier alpha value is -1.56. The van der Waals surface area contributed by atoms with Crippen LogP contribution in [0.3, 0.4) is 0 Å². The van der Waals surface area contributed by atoms with Gasteiger partial charge in [-0.05, 0) is 29.8 Å². The van der Waals surface area contributed by atoms with Crippen molar-refractivity contribution in [3.8, 4) is 0 Å². The molecular weight excluding hydrogens is 326 g/mol. The van der Waals surface area contributed by atoms with Crippen molar-refractivity contribution >= 4 is 51.9 Å². The highest BCUT2D eigenvalue weighted by Gasteiger charge is 2.32. The minimum Gasteiger partial charge on any atom is -0.467 e. The second kappa shape index (κ2) is 6.05. The van der Waals surface area contributed by atoms with Gasteiger partial charge >= 0.3 is 0 Å². The molecule has 0 aliphatic carbocycles. The lowest BCUT2D eigenvalue weighted by Crippen LogP contribution is -2.27. The summed E-state index contributed by atoms with van der Waals surface area (Å²) in [5, 5.41) is 0.605. The van der Waals surface area contributed by atoms with Crippen LogP contribution in [0.5, 0.6) is 0 Å². The Morgan fingerprint density at radius 3 is 2.81 bits per heavy atom. The number of carbonyl (C=O) groups excluding carboxylic acids is 1. The molecule has 1 saturated heterocycles. The molecule has 1 aromatic carbocycles. The molecule has 1 aromatic heterocycles. The average Bonchev–Trinajstić information content (AvgIpc) is 3.06.